The molecule has 4 heteroatoms. The van der Waals surface area contributed by atoms with Gasteiger partial charge in [0.05, 0.1) is 29.5 Å². The number of nitriles is 1. The van der Waals surface area contributed by atoms with Crippen molar-refractivity contribution in [3.63, 3.8) is 0 Å². The molecular formula is C14H15N3O. The van der Waals surface area contributed by atoms with Crippen LogP contribution in [0.25, 0.3) is 0 Å². The van der Waals surface area contributed by atoms with Crippen LogP contribution in [-0.2, 0) is 4.79 Å². The molecule has 4 nitrogen and oxygen atoms in total. The first-order valence-corrected chi connectivity index (χ1v) is 5.83. The fourth-order valence-corrected chi connectivity index (χ4v) is 1.75. The highest BCUT2D eigenvalue weighted by Gasteiger charge is 2.31. The number of carbonyl (C=O) groups excluding carboxylic acids is 1. The molecule has 2 rings (SSSR count). The number of hydrogen-bond donors (Lipinski definition) is 0. The molecule has 0 unspecified atom stereocenters. The van der Waals surface area contributed by atoms with E-state index in [-0.39, 0.29) is 11.3 Å². The first-order valence-electron chi connectivity index (χ1n) is 5.83. The summed E-state index contributed by atoms with van der Waals surface area (Å²) in [5.74, 6) is -0.0463. The third-order valence-corrected chi connectivity index (χ3v) is 2.86. The molecule has 1 aliphatic rings. The Morgan fingerprint density at radius 1 is 1.39 bits per heavy atom. The van der Waals surface area contributed by atoms with Crippen LogP contribution in [0.4, 0.5) is 5.69 Å². The van der Waals surface area contributed by atoms with E-state index in [1.165, 1.54) is 5.01 Å². The molecule has 0 N–H and O–H groups in total. The predicted octanol–water partition coefficient (Wildman–Crippen LogP) is 2.70. The smallest absolute Gasteiger partial charge is 0.253 e. The van der Waals surface area contributed by atoms with Gasteiger partial charge >= 0.3 is 0 Å². The summed E-state index contributed by atoms with van der Waals surface area (Å²) in [6, 6.07) is 8.98. The first-order chi connectivity index (χ1) is 8.41. The van der Waals surface area contributed by atoms with Crippen molar-refractivity contribution < 1.29 is 4.79 Å². The second-order valence-corrected chi connectivity index (χ2v) is 5.34. The third kappa shape index (κ3) is 2.25. The van der Waals surface area contributed by atoms with Gasteiger partial charge in [-0.25, -0.2) is 5.01 Å². The quantitative estimate of drug-likeness (QED) is 0.759. The van der Waals surface area contributed by atoms with Crippen LogP contribution in [-0.4, -0.2) is 11.6 Å². The van der Waals surface area contributed by atoms with Crippen molar-refractivity contribution >= 4 is 17.3 Å². The summed E-state index contributed by atoms with van der Waals surface area (Å²) in [5.41, 5.74) is 1.94. The molecule has 0 aliphatic carbocycles. The van der Waals surface area contributed by atoms with E-state index in [0.717, 1.165) is 5.71 Å². The normalized spacial score (nSPS) is 15.6. The predicted molar refractivity (Wildman–Crippen MR) is 70.2 cm³/mol. The molecule has 92 valence electrons. The zero-order valence-electron chi connectivity index (χ0n) is 10.8. The van der Waals surface area contributed by atoms with Gasteiger partial charge in [-0.1, -0.05) is 26.8 Å². The SMILES string of the molecule is CC(C)(C)C1=NN(c2cccc(C#N)c2)C(=O)C1. The number of amides is 1. The molecule has 0 radical (unpaired) electrons. The minimum absolute atomic E-state index is 0.0463. The molecule has 1 heterocycles. The van der Waals surface area contributed by atoms with Gasteiger partial charge in [-0.15, -0.1) is 0 Å². The lowest BCUT2D eigenvalue weighted by molar-refractivity contribution is -0.116. The van der Waals surface area contributed by atoms with Crippen molar-refractivity contribution in [2.75, 3.05) is 5.01 Å². The third-order valence-electron chi connectivity index (χ3n) is 2.86. The van der Waals surface area contributed by atoms with Crippen molar-refractivity contribution in [1.82, 2.24) is 0 Å². The van der Waals surface area contributed by atoms with Crippen LogP contribution in [0.2, 0.25) is 0 Å². The van der Waals surface area contributed by atoms with E-state index in [9.17, 15) is 4.79 Å². The van der Waals surface area contributed by atoms with E-state index in [1.54, 1.807) is 24.3 Å². The van der Waals surface area contributed by atoms with Gasteiger partial charge in [-0.05, 0) is 18.2 Å². The fourth-order valence-electron chi connectivity index (χ4n) is 1.75. The highest BCUT2D eigenvalue weighted by molar-refractivity contribution is 6.14. The maximum atomic E-state index is 12.0. The minimum atomic E-state index is -0.114. The number of hydrogen-bond acceptors (Lipinski definition) is 3. The van der Waals surface area contributed by atoms with Crippen molar-refractivity contribution in [3.8, 4) is 6.07 Å². The molecule has 1 aromatic carbocycles. The average molecular weight is 241 g/mol. The summed E-state index contributed by atoms with van der Waals surface area (Å²) in [6.07, 6.45) is 0.348. The van der Waals surface area contributed by atoms with Crippen LogP contribution in [0, 0.1) is 16.7 Å². The second kappa shape index (κ2) is 4.26. The largest absolute Gasteiger partial charge is 0.272 e. The van der Waals surface area contributed by atoms with Gasteiger partial charge in [0.1, 0.15) is 0 Å². The molecule has 0 saturated heterocycles. The van der Waals surface area contributed by atoms with Gasteiger partial charge in [-0.2, -0.15) is 10.4 Å². The zero-order chi connectivity index (χ0) is 13.3. The van der Waals surface area contributed by atoms with Gasteiger partial charge in [-0.3, -0.25) is 4.79 Å². The van der Waals surface area contributed by atoms with Crippen LogP contribution in [0.15, 0.2) is 29.4 Å². The highest BCUT2D eigenvalue weighted by atomic mass is 16.2. The molecule has 0 aromatic heterocycles. The van der Waals surface area contributed by atoms with Crippen molar-refractivity contribution in [1.29, 1.82) is 5.26 Å². The number of carbonyl (C=O) groups is 1. The lowest BCUT2D eigenvalue weighted by Crippen LogP contribution is -2.20. The number of hydrazone groups is 1. The van der Waals surface area contributed by atoms with Gasteiger partial charge in [0, 0.05) is 5.41 Å². The molecule has 0 spiro atoms. The molecule has 0 saturated carbocycles. The Labute approximate surface area is 107 Å². The lowest BCUT2D eigenvalue weighted by atomic mass is 9.88. The standard InChI is InChI=1S/C14H15N3O/c1-14(2,3)12-8-13(18)17(16-12)11-6-4-5-10(7-11)9-15/h4-7H,8H2,1-3H3. The van der Waals surface area contributed by atoms with Crippen molar-refractivity contribution in [2.45, 2.75) is 27.2 Å². The van der Waals surface area contributed by atoms with E-state index < -0.39 is 0 Å². The molecule has 1 aromatic rings. The summed E-state index contributed by atoms with van der Waals surface area (Å²) in [7, 11) is 0. The van der Waals surface area contributed by atoms with Crippen molar-refractivity contribution in [3.05, 3.63) is 29.8 Å². The lowest BCUT2D eigenvalue weighted by Gasteiger charge is -2.16. The number of rotatable bonds is 1. The van der Waals surface area contributed by atoms with Crippen LogP contribution in [0.1, 0.15) is 32.8 Å². The van der Waals surface area contributed by atoms with E-state index in [1.807, 2.05) is 20.8 Å². The Hall–Kier alpha value is -2.15. The van der Waals surface area contributed by atoms with Gasteiger partial charge in [0.2, 0.25) is 0 Å². The number of benzene rings is 1. The maximum absolute atomic E-state index is 12.0. The van der Waals surface area contributed by atoms with Gasteiger partial charge in [0.15, 0.2) is 0 Å². The van der Waals surface area contributed by atoms with E-state index in [4.69, 9.17) is 5.26 Å². The van der Waals surface area contributed by atoms with Crippen LogP contribution in [0.3, 0.4) is 0 Å². The fraction of sp³-hybridized carbons (Fsp3) is 0.357. The van der Waals surface area contributed by atoms with Crippen LogP contribution in [0.5, 0.6) is 0 Å². The molecule has 0 fully saturated rings. The second-order valence-electron chi connectivity index (χ2n) is 5.34. The summed E-state index contributed by atoms with van der Waals surface area (Å²) < 4.78 is 0. The van der Waals surface area contributed by atoms with Crippen LogP contribution < -0.4 is 5.01 Å². The summed E-state index contributed by atoms with van der Waals surface area (Å²) in [4.78, 5) is 12.0. The highest BCUT2D eigenvalue weighted by Crippen LogP contribution is 2.28. The van der Waals surface area contributed by atoms with Crippen molar-refractivity contribution in [2.24, 2.45) is 10.5 Å². The Kier molecular flexibility index (Phi) is 2.92. The average Bonchev–Trinajstić information content (AvgIpc) is 2.71. The zero-order valence-corrected chi connectivity index (χ0v) is 10.8. The Morgan fingerprint density at radius 2 is 2.11 bits per heavy atom. The summed E-state index contributed by atoms with van der Waals surface area (Å²) >= 11 is 0. The summed E-state index contributed by atoms with van der Waals surface area (Å²) in [6.45, 7) is 6.11. The van der Waals surface area contributed by atoms with Crippen LogP contribution >= 0.6 is 0 Å². The molecular weight excluding hydrogens is 226 g/mol. The molecule has 18 heavy (non-hydrogen) atoms. The first kappa shape index (κ1) is 12.3. The summed E-state index contributed by atoms with van der Waals surface area (Å²) in [5, 5.41) is 14.6. The number of anilines is 1. The Bertz CT molecular complexity index is 561. The van der Waals surface area contributed by atoms with E-state index in [0.29, 0.717) is 17.7 Å². The van der Waals surface area contributed by atoms with E-state index in [2.05, 4.69) is 11.2 Å². The Morgan fingerprint density at radius 3 is 2.67 bits per heavy atom. The molecule has 0 bridgehead atoms. The van der Waals surface area contributed by atoms with Gasteiger partial charge < -0.3 is 0 Å². The molecule has 1 amide bonds. The minimum Gasteiger partial charge on any atom is -0.272 e. The topological polar surface area (TPSA) is 56.5 Å². The number of nitrogens with zero attached hydrogens (tertiary/aromatic N) is 3. The monoisotopic (exact) mass is 241 g/mol. The molecule has 0 atom stereocenters. The Balaban J connectivity index is 2.37. The molecule has 1 aliphatic heterocycles. The van der Waals surface area contributed by atoms with E-state index >= 15 is 0 Å². The maximum Gasteiger partial charge on any atom is 0.253 e. The van der Waals surface area contributed by atoms with Gasteiger partial charge in [0.25, 0.3) is 5.91 Å².